The van der Waals surface area contributed by atoms with Crippen molar-refractivity contribution in [3.63, 3.8) is 0 Å². The summed E-state index contributed by atoms with van der Waals surface area (Å²) in [5.74, 6) is -1.13. The molecular weight excluding hydrogens is 274 g/mol. The highest BCUT2D eigenvalue weighted by Crippen LogP contribution is 2.19. The number of likely N-dealkylation sites (N-methyl/N-ethyl adjacent to an activating group) is 1. The summed E-state index contributed by atoms with van der Waals surface area (Å²) < 4.78 is 26.4. The third-order valence-electron chi connectivity index (χ3n) is 3.87. The van der Waals surface area contributed by atoms with Crippen LogP contribution in [0.3, 0.4) is 0 Å². The lowest BCUT2D eigenvalue weighted by atomic mass is 10.0. The molecule has 3 rings (SSSR count). The summed E-state index contributed by atoms with van der Waals surface area (Å²) >= 11 is 0. The molecule has 1 atom stereocenters. The van der Waals surface area contributed by atoms with Crippen LogP contribution in [0.15, 0.2) is 18.3 Å². The first-order chi connectivity index (χ1) is 10.1. The fourth-order valence-corrected chi connectivity index (χ4v) is 2.69. The zero-order chi connectivity index (χ0) is 14.8. The molecule has 2 heterocycles. The third-order valence-corrected chi connectivity index (χ3v) is 3.87. The number of piperidine rings is 1. The Kier molecular flexibility index (Phi) is 3.96. The van der Waals surface area contributed by atoms with Crippen molar-refractivity contribution in [1.82, 2.24) is 15.3 Å². The summed E-state index contributed by atoms with van der Waals surface area (Å²) in [6.07, 6.45) is 5.20. The molecule has 0 spiro atoms. The molecule has 4 nitrogen and oxygen atoms in total. The zero-order valence-electron chi connectivity index (χ0n) is 11.9. The van der Waals surface area contributed by atoms with Crippen LogP contribution in [0, 0.1) is 11.6 Å². The second-order valence-corrected chi connectivity index (χ2v) is 5.51. The Labute approximate surface area is 122 Å². The second-order valence-electron chi connectivity index (χ2n) is 5.51. The van der Waals surface area contributed by atoms with Crippen LogP contribution in [-0.4, -0.2) is 36.1 Å². The van der Waals surface area contributed by atoms with Crippen LogP contribution in [0.25, 0.3) is 11.0 Å². The van der Waals surface area contributed by atoms with Gasteiger partial charge in [0, 0.05) is 31.8 Å². The maximum absolute atomic E-state index is 13.3. The minimum absolute atomic E-state index is 0.363. The van der Waals surface area contributed by atoms with Gasteiger partial charge in [-0.3, -0.25) is 4.98 Å². The molecule has 112 valence electrons. The Bertz CT molecular complexity index is 641. The van der Waals surface area contributed by atoms with Crippen molar-refractivity contribution in [2.45, 2.75) is 25.3 Å². The predicted octanol–water partition coefficient (Wildman–Crippen LogP) is 2.49. The van der Waals surface area contributed by atoms with Gasteiger partial charge in [0.1, 0.15) is 5.82 Å². The highest BCUT2D eigenvalue weighted by Gasteiger charge is 2.16. The second kappa shape index (κ2) is 5.89. The molecule has 1 aromatic carbocycles. The molecule has 1 N–H and O–H groups in total. The van der Waals surface area contributed by atoms with Crippen LogP contribution >= 0.6 is 0 Å². The Morgan fingerprint density at radius 2 is 2.00 bits per heavy atom. The molecule has 1 aliphatic heterocycles. The van der Waals surface area contributed by atoms with Crippen molar-refractivity contribution in [2.75, 3.05) is 25.0 Å². The summed E-state index contributed by atoms with van der Waals surface area (Å²) in [6.45, 7) is 1.87. The average molecular weight is 292 g/mol. The van der Waals surface area contributed by atoms with Crippen LogP contribution in [-0.2, 0) is 0 Å². The molecule has 0 bridgehead atoms. The Morgan fingerprint density at radius 1 is 1.24 bits per heavy atom. The van der Waals surface area contributed by atoms with Crippen LogP contribution in [0.4, 0.5) is 14.6 Å². The third kappa shape index (κ3) is 3.10. The molecular formula is C15H18F2N4. The summed E-state index contributed by atoms with van der Waals surface area (Å²) in [5, 5.41) is 3.47. The molecule has 0 amide bonds. The number of nitrogens with one attached hydrogen (secondary N) is 1. The monoisotopic (exact) mass is 292 g/mol. The Hall–Kier alpha value is -1.82. The van der Waals surface area contributed by atoms with E-state index in [1.54, 1.807) is 6.20 Å². The fraction of sp³-hybridized carbons (Fsp3) is 0.467. The minimum Gasteiger partial charge on any atom is -0.357 e. The lowest BCUT2D eigenvalue weighted by Gasteiger charge is -2.28. The van der Waals surface area contributed by atoms with Crippen molar-refractivity contribution in [3.8, 4) is 0 Å². The maximum atomic E-state index is 13.3. The lowest BCUT2D eigenvalue weighted by molar-refractivity contribution is 0.403. The average Bonchev–Trinajstić information content (AvgIpc) is 2.49. The number of hydrogen-bond acceptors (Lipinski definition) is 4. The first-order valence-electron chi connectivity index (χ1n) is 7.20. The van der Waals surface area contributed by atoms with Crippen molar-refractivity contribution in [2.24, 2.45) is 0 Å². The maximum Gasteiger partial charge on any atom is 0.161 e. The molecule has 1 saturated heterocycles. The van der Waals surface area contributed by atoms with Gasteiger partial charge in [0.05, 0.1) is 17.2 Å². The number of anilines is 1. The van der Waals surface area contributed by atoms with Gasteiger partial charge in [-0.2, -0.15) is 0 Å². The van der Waals surface area contributed by atoms with E-state index in [9.17, 15) is 8.78 Å². The number of rotatable bonds is 3. The minimum atomic E-state index is -0.899. The first kappa shape index (κ1) is 14.1. The van der Waals surface area contributed by atoms with Gasteiger partial charge in [-0.1, -0.05) is 6.42 Å². The smallest absolute Gasteiger partial charge is 0.161 e. The van der Waals surface area contributed by atoms with E-state index in [0.29, 0.717) is 22.9 Å². The predicted molar refractivity (Wildman–Crippen MR) is 78.4 cm³/mol. The zero-order valence-corrected chi connectivity index (χ0v) is 11.9. The summed E-state index contributed by atoms with van der Waals surface area (Å²) in [5.41, 5.74) is 0.733. The number of nitrogens with zero attached hydrogens (tertiary/aromatic N) is 3. The number of aromatic nitrogens is 2. The van der Waals surface area contributed by atoms with Gasteiger partial charge in [0.25, 0.3) is 0 Å². The highest BCUT2D eigenvalue weighted by atomic mass is 19.2. The lowest BCUT2D eigenvalue weighted by Crippen LogP contribution is -2.42. The van der Waals surface area contributed by atoms with Gasteiger partial charge in [0.15, 0.2) is 11.6 Å². The van der Waals surface area contributed by atoms with Gasteiger partial charge in [0.2, 0.25) is 0 Å². The van der Waals surface area contributed by atoms with Gasteiger partial charge in [-0.15, -0.1) is 0 Å². The topological polar surface area (TPSA) is 41.0 Å². The van der Waals surface area contributed by atoms with E-state index in [4.69, 9.17) is 0 Å². The summed E-state index contributed by atoms with van der Waals surface area (Å²) in [6, 6.07) is 2.60. The van der Waals surface area contributed by atoms with Crippen LogP contribution < -0.4 is 10.2 Å². The van der Waals surface area contributed by atoms with Crippen molar-refractivity contribution in [3.05, 3.63) is 30.0 Å². The number of hydrogen-bond donors (Lipinski definition) is 1. The molecule has 21 heavy (non-hydrogen) atoms. The van der Waals surface area contributed by atoms with Crippen LogP contribution in [0.5, 0.6) is 0 Å². The number of benzene rings is 1. The van der Waals surface area contributed by atoms with Crippen molar-refractivity contribution < 1.29 is 8.78 Å². The van der Waals surface area contributed by atoms with Gasteiger partial charge in [-0.25, -0.2) is 13.8 Å². The summed E-state index contributed by atoms with van der Waals surface area (Å²) in [7, 11) is 1.94. The Morgan fingerprint density at radius 3 is 2.71 bits per heavy atom. The molecule has 2 aromatic rings. The number of fused-ring (bicyclic) bond motifs is 1. The fourth-order valence-electron chi connectivity index (χ4n) is 2.69. The highest BCUT2D eigenvalue weighted by molar-refractivity contribution is 5.75. The molecule has 1 aliphatic rings. The molecule has 0 aliphatic carbocycles. The van der Waals surface area contributed by atoms with Gasteiger partial charge in [-0.05, 0) is 19.4 Å². The van der Waals surface area contributed by atoms with E-state index in [2.05, 4.69) is 15.3 Å². The Balaban J connectivity index is 1.81. The van der Waals surface area contributed by atoms with E-state index in [-0.39, 0.29) is 0 Å². The first-order valence-corrected chi connectivity index (χ1v) is 7.20. The van der Waals surface area contributed by atoms with E-state index in [0.717, 1.165) is 31.6 Å². The molecule has 6 heteroatoms. The van der Waals surface area contributed by atoms with E-state index >= 15 is 0 Å². The van der Waals surface area contributed by atoms with Crippen molar-refractivity contribution >= 4 is 16.9 Å². The quantitative estimate of drug-likeness (QED) is 0.943. The van der Waals surface area contributed by atoms with E-state index in [1.807, 2.05) is 11.9 Å². The summed E-state index contributed by atoms with van der Waals surface area (Å²) in [4.78, 5) is 10.5. The number of halogens is 2. The normalized spacial score (nSPS) is 18.9. The molecule has 0 radical (unpaired) electrons. The van der Waals surface area contributed by atoms with E-state index in [1.165, 1.54) is 12.8 Å². The largest absolute Gasteiger partial charge is 0.357 e. The van der Waals surface area contributed by atoms with Crippen LogP contribution in [0.2, 0.25) is 0 Å². The van der Waals surface area contributed by atoms with E-state index < -0.39 is 11.6 Å². The van der Waals surface area contributed by atoms with Gasteiger partial charge < -0.3 is 10.2 Å². The molecule has 1 aromatic heterocycles. The molecule has 1 fully saturated rings. The SMILES string of the molecule is CN(C[C@@H]1CCCCN1)c1cnc2cc(F)c(F)cc2n1. The van der Waals surface area contributed by atoms with Crippen LogP contribution in [0.1, 0.15) is 19.3 Å². The van der Waals surface area contributed by atoms with Gasteiger partial charge >= 0.3 is 0 Å². The molecule has 0 saturated carbocycles. The molecule has 0 unspecified atom stereocenters. The standard InChI is InChI=1S/C15H18F2N4/c1-21(9-10-4-2-3-5-18-10)15-8-19-13-6-11(16)12(17)7-14(13)20-15/h6-8,10,18H,2-5,9H2,1H3/t10-/m0/s1. The van der Waals surface area contributed by atoms with Crippen molar-refractivity contribution in [1.29, 1.82) is 0 Å².